The van der Waals surface area contributed by atoms with E-state index in [1.165, 1.54) is 0 Å². The highest BCUT2D eigenvalue weighted by Crippen LogP contribution is 2.21. The fraction of sp³-hybridized carbons (Fsp3) is 0. The molecule has 2 aromatic carbocycles. The molecule has 6 heteroatoms. The van der Waals surface area contributed by atoms with Gasteiger partial charge in [0.25, 0.3) is 0 Å². The highest BCUT2D eigenvalue weighted by molar-refractivity contribution is 5.65. The minimum absolute atomic E-state index is 0.982. The molecule has 4 aromatic rings. The SMILES string of the molecule is c1cc(-c2ccc(NNc3ccc(-c4ccn[nH]4)cc3)cc2)[nH]n1. The summed E-state index contributed by atoms with van der Waals surface area (Å²) in [4.78, 5) is 0. The molecule has 0 amide bonds. The lowest BCUT2D eigenvalue weighted by Gasteiger charge is -2.10. The van der Waals surface area contributed by atoms with E-state index >= 15 is 0 Å². The summed E-state index contributed by atoms with van der Waals surface area (Å²) in [5, 5.41) is 13.8. The Morgan fingerprint density at radius 1 is 0.542 bits per heavy atom. The van der Waals surface area contributed by atoms with Crippen molar-refractivity contribution in [3.05, 3.63) is 73.1 Å². The molecule has 2 heterocycles. The molecular formula is C18H16N6. The van der Waals surface area contributed by atoms with E-state index in [2.05, 4.69) is 31.2 Å². The topological polar surface area (TPSA) is 81.4 Å². The first-order chi connectivity index (χ1) is 11.9. The van der Waals surface area contributed by atoms with Crippen molar-refractivity contribution in [2.75, 3.05) is 10.9 Å². The van der Waals surface area contributed by atoms with Crippen LogP contribution in [0, 0.1) is 0 Å². The fourth-order valence-corrected chi connectivity index (χ4v) is 2.44. The Kier molecular flexibility index (Phi) is 3.69. The van der Waals surface area contributed by atoms with E-state index in [9.17, 15) is 0 Å². The van der Waals surface area contributed by atoms with Crippen LogP contribution in [0.1, 0.15) is 0 Å². The van der Waals surface area contributed by atoms with Gasteiger partial charge in [-0.1, -0.05) is 24.3 Å². The van der Waals surface area contributed by atoms with Crippen molar-refractivity contribution in [1.29, 1.82) is 0 Å². The summed E-state index contributed by atoms with van der Waals surface area (Å²) >= 11 is 0. The van der Waals surface area contributed by atoms with E-state index in [0.717, 1.165) is 33.9 Å². The zero-order chi connectivity index (χ0) is 16.2. The molecule has 0 aliphatic heterocycles. The van der Waals surface area contributed by atoms with Crippen LogP contribution in [0.15, 0.2) is 73.1 Å². The van der Waals surface area contributed by atoms with Gasteiger partial charge in [-0.25, -0.2) is 0 Å². The summed E-state index contributed by atoms with van der Waals surface area (Å²) in [7, 11) is 0. The van der Waals surface area contributed by atoms with Crippen molar-refractivity contribution < 1.29 is 0 Å². The maximum Gasteiger partial charge on any atom is 0.0650 e. The molecule has 2 aromatic heterocycles. The number of hydrogen-bond donors (Lipinski definition) is 4. The summed E-state index contributed by atoms with van der Waals surface area (Å²) in [6, 6.07) is 20.1. The van der Waals surface area contributed by atoms with Gasteiger partial charge in [0, 0.05) is 12.4 Å². The molecule has 0 radical (unpaired) electrons. The molecular weight excluding hydrogens is 300 g/mol. The van der Waals surface area contributed by atoms with Crippen molar-refractivity contribution >= 4 is 11.4 Å². The van der Waals surface area contributed by atoms with Crippen LogP contribution in [0.5, 0.6) is 0 Å². The van der Waals surface area contributed by atoms with Crippen molar-refractivity contribution in [2.24, 2.45) is 0 Å². The smallest absolute Gasteiger partial charge is 0.0650 e. The molecule has 0 bridgehead atoms. The van der Waals surface area contributed by atoms with Gasteiger partial charge >= 0.3 is 0 Å². The van der Waals surface area contributed by atoms with Crippen LogP contribution in [0.3, 0.4) is 0 Å². The molecule has 118 valence electrons. The standard InChI is InChI=1S/C18H16N6/c1-5-15(6-2-13(1)17-9-11-19-23-17)21-22-16-7-3-14(4-8-16)18-10-12-20-24-18/h1-12,21-22H,(H,19,23)(H,20,24). The molecule has 6 nitrogen and oxygen atoms in total. The van der Waals surface area contributed by atoms with Crippen molar-refractivity contribution in [2.45, 2.75) is 0 Å². The van der Waals surface area contributed by atoms with E-state index in [1.807, 2.05) is 60.7 Å². The number of hydrazine groups is 1. The van der Waals surface area contributed by atoms with Crippen molar-refractivity contribution in [3.8, 4) is 22.5 Å². The van der Waals surface area contributed by atoms with E-state index in [-0.39, 0.29) is 0 Å². The van der Waals surface area contributed by atoms with Crippen LogP contribution < -0.4 is 10.9 Å². The summed E-state index contributed by atoms with van der Waals surface area (Å²) in [6.07, 6.45) is 3.49. The van der Waals surface area contributed by atoms with Gasteiger partial charge in [-0.3, -0.25) is 10.2 Å². The molecule has 0 spiro atoms. The number of nitrogens with zero attached hydrogens (tertiary/aromatic N) is 2. The van der Waals surface area contributed by atoms with Gasteiger partial charge in [0.05, 0.1) is 22.8 Å². The Labute approximate surface area is 138 Å². The molecule has 0 saturated heterocycles. The first-order valence-electron chi connectivity index (χ1n) is 7.60. The number of nitrogens with one attached hydrogen (secondary N) is 4. The molecule has 0 aliphatic carbocycles. The second kappa shape index (κ2) is 6.29. The van der Waals surface area contributed by atoms with E-state index in [1.54, 1.807) is 12.4 Å². The Bertz CT molecular complexity index is 800. The monoisotopic (exact) mass is 316 g/mol. The van der Waals surface area contributed by atoms with Gasteiger partial charge in [0.2, 0.25) is 0 Å². The van der Waals surface area contributed by atoms with Gasteiger partial charge in [-0.05, 0) is 47.5 Å². The Morgan fingerprint density at radius 3 is 1.29 bits per heavy atom. The van der Waals surface area contributed by atoms with Gasteiger partial charge in [-0.15, -0.1) is 0 Å². The Hall–Kier alpha value is -3.54. The highest BCUT2D eigenvalue weighted by atomic mass is 15.4. The number of aromatic nitrogens is 4. The van der Waals surface area contributed by atoms with Gasteiger partial charge in [0.1, 0.15) is 0 Å². The van der Waals surface area contributed by atoms with Crippen molar-refractivity contribution in [3.63, 3.8) is 0 Å². The zero-order valence-electron chi connectivity index (χ0n) is 12.8. The van der Waals surface area contributed by atoms with E-state index in [0.29, 0.717) is 0 Å². The van der Waals surface area contributed by atoms with Gasteiger partial charge in [-0.2, -0.15) is 10.2 Å². The summed E-state index contributed by atoms with van der Waals surface area (Å²) in [5.74, 6) is 0. The number of aromatic amines is 2. The van der Waals surface area contributed by atoms with Gasteiger partial charge in [0.15, 0.2) is 0 Å². The molecule has 4 N–H and O–H groups in total. The van der Waals surface area contributed by atoms with E-state index < -0.39 is 0 Å². The quantitative estimate of drug-likeness (QED) is 0.421. The average molecular weight is 316 g/mol. The summed E-state index contributed by atoms with van der Waals surface area (Å²) in [5.41, 5.74) is 12.6. The third-order valence-electron chi connectivity index (χ3n) is 3.74. The van der Waals surface area contributed by atoms with Crippen LogP contribution in [-0.2, 0) is 0 Å². The minimum Gasteiger partial charge on any atom is -0.301 e. The third-order valence-corrected chi connectivity index (χ3v) is 3.74. The molecule has 0 fully saturated rings. The highest BCUT2D eigenvalue weighted by Gasteiger charge is 2.00. The van der Waals surface area contributed by atoms with E-state index in [4.69, 9.17) is 0 Å². The van der Waals surface area contributed by atoms with Crippen LogP contribution in [-0.4, -0.2) is 20.4 Å². The van der Waals surface area contributed by atoms with Crippen LogP contribution in [0.25, 0.3) is 22.5 Å². The molecule has 0 atom stereocenters. The lowest BCUT2D eigenvalue weighted by molar-refractivity contribution is 1.10. The lowest BCUT2D eigenvalue weighted by Crippen LogP contribution is -2.08. The number of rotatable bonds is 5. The molecule has 24 heavy (non-hydrogen) atoms. The second-order valence-electron chi connectivity index (χ2n) is 5.35. The predicted octanol–water partition coefficient (Wildman–Crippen LogP) is 3.91. The second-order valence-corrected chi connectivity index (χ2v) is 5.35. The maximum absolute atomic E-state index is 3.96. The predicted molar refractivity (Wildman–Crippen MR) is 95.3 cm³/mol. The number of H-pyrrole nitrogens is 2. The first kappa shape index (κ1) is 14.1. The summed E-state index contributed by atoms with van der Waals surface area (Å²) in [6.45, 7) is 0. The van der Waals surface area contributed by atoms with Crippen LogP contribution >= 0.6 is 0 Å². The van der Waals surface area contributed by atoms with Crippen LogP contribution in [0.2, 0.25) is 0 Å². The number of anilines is 2. The van der Waals surface area contributed by atoms with Crippen LogP contribution in [0.4, 0.5) is 11.4 Å². The fourth-order valence-electron chi connectivity index (χ4n) is 2.44. The normalized spacial score (nSPS) is 10.5. The zero-order valence-corrected chi connectivity index (χ0v) is 12.8. The molecule has 0 saturated carbocycles. The number of hydrogen-bond acceptors (Lipinski definition) is 4. The maximum atomic E-state index is 3.96. The largest absolute Gasteiger partial charge is 0.301 e. The molecule has 0 aliphatic rings. The lowest BCUT2D eigenvalue weighted by atomic mass is 10.1. The van der Waals surface area contributed by atoms with Gasteiger partial charge < -0.3 is 10.9 Å². The minimum atomic E-state index is 0.982. The van der Waals surface area contributed by atoms with Crippen molar-refractivity contribution in [1.82, 2.24) is 20.4 Å². The number of benzene rings is 2. The average Bonchev–Trinajstić information content (AvgIpc) is 3.34. The summed E-state index contributed by atoms with van der Waals surface area (Å²) < 4.78 is 0. The first-order valence-corrected chi connectivity index (χ1v) is 7.60. The molecule has 4 rings (SSSR count). The molecule has 0 unspecified atom stereocenters. The Balaban J connectivity index is 1.40. The third kappa shape index (κ3) is 2.98. The Morgan fingerprint density at radius 2 is 0.958 bits per heavy atom.